The number of imidazole rings is 2. The third-order valence-electron chi connectivity index (χ3n) is 5.81. The zero-order valence-electron chi connectivity index (χ0n) is 21.9. The van der Waals surface area contributed by atoms with E-state index in [1.807, 2.05) is 5.92 Å². The molecular formula is C24H22N8O10. The zero-order valence-corrected chi connectivity index (χ0v) is 21.9. The quantitative estimate of drug-likeness (QED) is 0.0949. The fourth-order valence-corrected chi connectivity index (χ4v) is 3.90. The first-order chi connectivity index (χ1) is 20.0. The molecule has 2 heterocycles. The van der Waals surface area contributed by atoms with Gasteiger partial charge in [-0.3, -0.25) is 29.8 Å². The second-order valence-electron chi connectivity index (χ2n) is 8.36. The number of benzene rings is 1. The number of nitrogens with zero attached hydrogens (tertiary/aromatic N) is 4. The van der Waals surface area contributed by atoms with Crippen LogP contribution in [0.25, 0.3) is 0 Å². The normalized spacial score (nSPS) is 11.8. The molecule has 0 bridgehead atoms. The van der Waals surface area contributed by atoms with Crippen molar-refractivity contribution in [1.29, 1.82) is 0 Å². The lowest BCUT2D eigenvalue weighted by Gasteiger charge is -2.18. The lowest BCUT2D eigenvalue weighted by molar-refractivity contribution is -0.394. The maximum Gasteiger partial charge on any atom is 0.328 e. The van der Waals surface area contributed by atoms with E-state index in [1.54, 1.807) is 0 Å². The van der Waals surface area contributed by atoms with Gasteiger partial charge < -0.3 is 30.1 Å². The number of hydrogen-bond acceptors (Lipinski definition) is 12. The summed E-state index contributed by atoms with van der Waals surface area (Å²) >= 11 is 0. The highest BCUT2D eigenvalue weighted by Crippen LogP contribution is 2.35. The first-order valence-corrected chi connectivity index (χ1v) is 11.7. The molecule has 2 amide bonds. The van der Waals surface area contributed by atoms with Crippen LogP contribution in [0.2, 0.25) is 0 Å². The summed E-state index contributed by atoms with van der Waals surface area (Å²) in [5, 5.41) is 28.5. The number of nitrogens with one attached hydrogen (secondary N) is 4. The number of aromatic nitrogens is 4. The number of rotatable bonds is 12. The van der Waals surface area contributed by atoms with Crippen LogP contribution in [0.4, 0.5) is 11.4 Å². The Kier molecular flexibility index (Phi) is 9.63. The fraction of sp³-hybridized carbons (Fsp3) is 0.250. The second kappa shape index (κ2) is 13.3. The number of carbonyl (C=O) groups excluding carboxylic acids is 4. The van der Waals surface area contributed by atoms with Gasteiger partial charge in [0.2, 0.25) is 0 Å². The van der Waals surface area contributed by atoms with E-state index in [0.717, 1.165) is 14.2 Å². The first-order valence-electron chi connectivity index (χ1n) is 11.7. The lowest BCUT2D eigenvalue weighted by Crippen LogP contribution is -2.44. The first kappa shape index (κ1) is 30.4. The molecule has 18 nitrogen and oxygen atoms in total. The van der Waals surface area contributed by atoms with Crippen LogP contribution in [0.3, 0.4) is 0 Å². The van der Waals surface area contributed by atoms with Crippen LogP contribution in [0, 0.1) is 32.6 Å². The molecular weight excluding hydrogens is 560 g/mol. The summed E-state index contributed by atoms with van der Waals surface area (Å²) in [5.74, 6) is -2.61. The number of nitro benzene ring substituents is 2. The number of terminal acetylenes is 1. The van der Waals surface area contributed by atoms with Gasteiger partial charge in [0, 0.05) is 36.6 Å². The molecule has 1 aromatic carbocycles. The van der Waals surface area contributed by atoms with Crippen molar-refractivity contribution >= 4 is 35.1 Å². The van der Waals surface area contributed by atoms with Gasteiger partial charge in [-0.15, -0.1) is 6.42 Å². The molecule has 0 radical (unpaired) electrons. The van der Waals surface area contributed by atoms with Crippen LogP contribution < -0.4 is 10.6 Å². The van der Waals surface area contributed by atoms with E-state index in [0.29, 0.717) is 17.5 Å². The summed E-state index contributed by atoms with van der Waals surface area (Å²) < 4.78 is 9.39. The number of methoxy groups -OCH3 is 2. The highest BCUT2D eigenvalue weighted by atomic mass is 16.6. The Hall–Kier alpha value is -6.12. The SMILES string of the molecule is C#Cc1c([N+](=O)[O-])c(C(=O)N[C@@H](Cc2cnc[nH]2)C(=O)OC)cc(C(=O)N[C@H](Cc2cnc[nH]2)C(=O)OC)c1[N+](=O)[O-]. The monoisotopic (exact) mass is 582 g/mol. The molecule has 218 valence electrons. The average molecular weight is 582 g/mol. The van der Waals surface area contributed by atoms with Crippen LogP contribution in [-0.2, 0) is 31.9 Å². The molecule has 4 N–H and O–H groups in total. The molecule has 42 heavy (non-hydrogen) atoms. The molecule has 3 rings (SSSR count). The van der Waals surface area contributed by atoms with E-state index in [1.165, 1.54) is 25.0 Å². The van der Waals surface area contributed by atoms with Crippen molar-refractivity contribution in [2.75, 3.05) is 14.2 Å². The minimum Gasteiger partial charge on any atom is -0.467 e. The van der Waals surface area contributed by atoms with Crippen LogP contribution >= 0.6 is 0 Å². The number of aromatic amines is 2. The van der Waals surface area contributed by atoms with Gasteiger partial charge in [0.1, 0.15) is 23.2 Å². The molecule has 0 saturated heterocycles. The van der Waals surface area contributed by atoms with Crippen LogP contribution in [0.15, 0.2) is 31.1 Å². The Bertz CT molecular complexity index is 1450. The predicted octanol–water partition coefficient (Wildman–Crippen LogP) is -0.0413. The van der Waals surface area contributed by atoms with E-state index in [9.17, 15) is 39.4 Å². The average Bonchev–Trinajstić information content (AvgIpc) is 3.68. The van der Waals surface area contributed by atoms with Gasteiger partial charge in [-0.1, -0.05) is 5.92 Å². The van der Waals surface area contributed by atoms with E-state index in [4.69, 9.17) is 15.9 Å². The van der Waals surface area contributed by atoms with Gasteiger partial charge in [-0.2, -0.15) is 0 Å². The summed E-state index contributed by atoms with van der Waals surface area (Å²) in [7, 11) is 2.09. The van der Waals surface area contributed by atoms with E-state index in [2.05, 4.69) is 30.6 Å². The number of ether oxygens (including phenoxy) is 2. The highest BCUT2D eigenvalue weighted by molar-refractivity contribution is 6.08. The third kappa shape index (κ3) is 6.71. The van der Waals surface area contributed by atoms with Crippen molar-refractivity contribution in [1.82, 2.24) is 30.6 Å². The maximum atomic E-state index is 13.3. The van der Waals surface area contributed by atoms with E-state index < -0.39 is 73.7 Å². The van der Waals surface area contributed by atoms with Gasteiger partial charge in [0.15, 0.2) is 5.56 Å². The molecule has 2 atom stereocenters. The summed E-state index contributed by atoms with van der Waals surface area (Å²) in [5.41, 5.74) is -4.28. The van der Waals surface area contributed by atoms with Crippen molar-refractivity contribution in [3.05, 3.63) is 79.4 Å². The minimum atomic E-state index is -1.40. The Morgan fingerprint density at radius 1 is 0.881 bits per heavy atom. The third-order valence-corrected chi connectivity index (χ3v) is 5.81. The molecule has 0 aliphatic heterocycles. The van der Waals surface area contributed by atoms with E-state index in [-0.39, 0.29) is 12.8 Å². The van der Waals surface area contributed by atoms with Crippen LogP contribution in [0.5, 0.6) is 0 Å². The number of hydrogen-bond donors (Lipinski definition) is 4. The largest absolute Gasteiger partial charge is 0.467 e. The van der Waals surface area contributed by atoms with Gasteiger partial charge in [-0.05, 0) is 6.07 Å². The smallest absolute Gasteiger partial charge is 0.328 e. The lowest BCUT2D eigenvalue weighted by atomic mass is 9.97. The molecule has 0 aliphatic rings. The number of esters is 2. The maximum absolute atomic E-state index is 13.3. The minimum absolute atomic E-state index is 0.178. The molecule has 0 unspecified atom stereocenters. The van der Waals surface area contributed by atoms with Crippen LogP contribution in [-0.4, -0.2) is 79.8 Å². The predicted molar refractivity (Wildman–Crippen MR) is 139 cm³/mol. The Morgan fingerprint density at radius 3 is 1.57 bits per heavy atom. The standard InChI is InChI=1S/C24H22N8O10/c1-4-14-19(31(37)38)15(21(33)29-17(23(35)41-2)5-12-8-25-10-27-12)7-16(20(14)32(39)40)22(34)30-18(24(36)42-3)6-13-9-26-11-28-13/h1,7-11,17-18H,5-6H2,2-3H3,(H,25,27)(H,26,28)(H,29,33)(H,30,34)/t17-,18+. The molecule has 0 aliphatic carbocycles. The number of nitro groups is 2. The summed E-state index contributed by atoms with van der Waals surface area (Å²) in [6, 6.07) is -2.22. The number of carbonyl (C=O) groups is 4. The Morgan fingerprint density at radius 2 is 1.29 bits per heavy atom. The van der Waals surface area contributed by atoms with Crippen LogP contribution in [0.1, 0.15) is 37.7 Å². The second-order valence-corrected chi connectivity index (χ2v) is 8.36. The topological polar surface area (TPSA) is 254 Å². The van der Waals surface area contributed by atoms with Crippen molar-refractivity contribution in [3.8, 4) is 12.3 Å². The number of H-pyrrole nitrogens is 2. The molecule has 0 fully saturated rings. The summed E-state index contributed by atoms with van der Waals surface area (Å²) in [6.45, 7) is 0. The van der Waals surface area contributed by atoms with Crippen molar-refractivity contribution in [2.24, 2.45) is 0 Å². The van der Waals surface area contributed by atoms with Gasteiger partial charge in [0.25, 0.3) is 11.8 Å². The van der Waals surface area contributed by atoms with Gasteiger partial charge >= 0.3 is 23.3 Å². The zero-order chi connectivity index (χ0) is 31.0. The van der Waals surface area contributed by atoms with Crippen molar-refractivity contribution < 1.29 is 38.5 Å². The fourth-order valence-electron chi connectivity index (χ4n) is 3.90. The Balaban J connectivity index is 2.12. The molecule has 2 aromatic heterocycles. The van der Waals surface area contributed by atoms with E-state index >= 15 is 0 Å². The number of amides is 2. The molecule has 18 heteroatoms. The van der Waals surface area contributed by atoms with Crippen molar-refractivity contribution in [3.63, 3.8) is 0 Å². The molecule has 3 aromatic rings. The Labute approximate surface area is 235 Å². The van der Waals surface area contributed by atoms with Gasteiger partial charge in [0.05, 0.1) is 36.7 Å². The summed E-state index contributed by atoms with van der Waals surface area (Å²) in [6.07, 6.45) is 10.4. The highest BCUT2D eigenvalue weighted by Gasteiger charge is 2.39. The van der Waals surface area contributed by atoms with Gasteiger partial charge in [-0.25, -0.2) is 19.6 Å². The molecule has 0 saturated carbocycles. The molecule has 0 spiro atoms. The van der Waals surface area contributed by atoms with Crippen molar-refractivity contribution in [2.45, 2.75) is 24.9 Å². The summed E-state index contributed by atoms with van der Waals surface area (Å²) in [4.78, 5) is 86.2.